The number of nitrogens with one attached hydrogen (secondary N) is 1. The number of anilines is 1. The molecule has 0 bridgehead atoms. The van der Waals surface area contributed by atoms with Crippen LogP contribution in [0.1, 0.15) is 53.5 Å². The second-order valence-corrected chi connectivity index (χ2v) is 14.1. The lowest BCUT2D eigenvalue weighted by molar-refractivity contribution is -0.143. The van der Waals surface area contributed by atoms with E-state index in [1.165, 1.54) is 18.4 Å². The van der Waals surface area contributed by atoms with Crippen LogP contribution in [0.4, 0.5) is 15.3 Å². The molecule has 2 aromatic rings. The normalized spacial score (nSPS) is 21.2. The van der Waals surface area contributed by atoms with Gasteiger partial charge in [0.2, 0.25) is 0 Å². The quantitative estimate of drug-likeness (QED) is 0.500. The zero-order chi connectivity index (χ0) is 33.1. The summed E-state index contributed by atoms with van der Waals surface area (Å²) >= 11 is 0. The van der Waals surface area contributed by atoms with Crippen molar-refractivity contribution in [1.29, 1.82) is 0 Å². The van der Waals surface area contributed by atoms with E-state index in [1.807, 2.05) is 28.0 Å². The molecule has 0 saturated carbocycles. The zero-order valence-corrected chi connectivity index (χ0v) is 28.7. The smallest absolute Gasteiger partial charge is 0.410 e. The molecule has 10 heteroatoms. The van der Waals surface area contributed by atoms with Crippen LogP contribution in [0, 0.1) is 20.8 Å². The summed E-state index contributed by atoms with van der Waals surface area (Å²) in [7, 11) is 2.18. The molecule has 4 aliphatic rings. The van der Waals surface area contributed by atoms with E-state index < -0.39 is 12.2 Å². The highest BCUT2D eigenvalue weighted by Crippen LogP contribution is 2.26. The van der Waals surface area contributed by atoms with Crippen LogP contribution in [-0.2, 0) is 22.4 Å². The number of aryl methyl sites for hydroxylation is 2. The number of para-hydroxylation sites is 1. The first-order chi connectivity index (χ1) is 22.7. The van der Waals surface area contributed by atoms with Crippen LogP contribution in [0.25, 0.3) is 0 Å². The fourth-order valence-electron chi connectivity index (χ4n) is 7.88. The molecule has 2 aromatic carbocycles. The molecule has 0 spiro atoms. The Bertz CT molecular complexity index is 1440. The standard InChI is InChI=1S/C37H52N6O4/c1-26-23-27(2)28(3)30(24-26)25-34(35(44)41-21-19-40(20-22-41)31-10-14-39(4)15-11-31)47-37(46)42-16-12-32(13-17-42)43-18-9-29-7-5-6-8-33(29)38-36(43)45/h5-8,23-24,31-32,34H,9-22,25H2,1-4H3,(H,38,45)/t34-/m1/s1. The lowest BCUT2D eigenvalue weighted by Gasteiger charge is -2.43. The minimum atomic E-state index is -0.884. The van der Waals surface area contributed by atoms with Gasteiger partial charge >= 0.3 is 12.1 Å². The van der Waals surface area contributed by atoms with Crippen molar-refractivity contribution < 1.29 is 19.1 Å². The summed E-state index contributed by atoms with van der Waals surface area (Å²) in [6.45, 7) is 13.1. The SMILES string of the molecule is Cc1cc(C)c(C)c(C[C@@H](OC(=O)N2CCC(N3CCc4ccccc4NC3=O)CC2)C(=O)N2CCN(C3CCN(C)CC3)CC2)c1. The fourth-order valence-corrected chi connectivity index (χ4v) is 7.88. The van der Waals surface area contributed by atoms with Crippen LogP contribution in [-0.4, -0.2) is 127 Å². The Morgan fingerprint density at radius 2 is 1.53 bits per heavy atom. The molecule has 0 aliphatic carbocycles. The second-order valence-electron chi connectivity index (χ2n) is 14.1. The molecule has 4 aliphatic heterocycles. The Labute approximate surface area is 280 Å². The number of carbonyl (C=O) groups excluding carboxylic acids is 3. The summed E-state index contributed by atoms with van der Waals surface area (Å²) in [5, 5.41) is 3.07. The van der Waals surface area contributed by atoms with Crippen LogP contribution in [0.2, 0.25) is 0 Å². The number of fused-ring (bicyclic) bond motifs is 1. The number of piperazine rings is 1. The first-order valence-corrected chi connectivity index (χ1v) is 17.6. The van der Waals surface area contributed by atoms with Gasteiger partial charge in [-0.25, -0.2) is 9.59 Å². The highest BCUT2D eigenvalue weighted by molar-refractivity contribution is 5.91. The highest BCUT2D eigenvalue weighted by Gasteiger charge is 2.36. The Morgan fingerprint density at radius 1 is 0.851 bits per heavy atom. The average molecular weight is 645 g/mol. The molecule has 1 atom stereocenters. The van der Waals surface area contributed by atoms with Gasteiger partial charge in [0.25, 0.3) is 5.91 Å². The highest BCUT2D eigenvalue weighted by atomic mass is 16.6. The maximum absolute atomic E-state index is 14.1. The Kier molecular flexibility index (Phi) is 10.4. The van der Waals surface area contributed by atoms with Gasteiger partial charge in [-0.05, 0) is 101 Å². The number of hydrogen-bond donors (Lipinski definition) is 1. The van der Waals surface area contributed by atoms with Gasteiger partial charge in [0.15, 0.2) is 6.10 Å². The molecular formula is C37H52N6O4. The minimum absolute atomic E-state index is 0.0459. The number of benzene rings is 2. The van der Waals surface area contributed by atoms with Crippen LogP contribution in [0.3, 0.4) is 0 Å². The summed E-state index contributed by atoms with van der Waals surface area (Å²) in [5.41, 5.74) is 6.50. The predicted octanol–water partition coefficient (Wildman–Crippen LogP) is 4.45. The second kappa shape index (κ2) is 14.6. The van der Waals surface area contributed by atoms with Crippen molar-refractivity contribution in [3.63, 3.8) is 0 Å². The monoisotopic (exact) mass is 644 g/mol. The molecule has 4 heterocycles. The van der Waals surface area contributed by atoms with Crippen LogP contribution in [0.15, 0.2) is 36.4 Å². The number of ether oxygens (including phenoxy) is 1. The van der Waals surface area contributed by atoms with Crippen molar-refractivity contribution in [1.82, 2.24) is 24.5 Å². The number of amides is 4. The first-order valence-electron chi connectivity index (χ1n) is 17.6. The number of nitrogens with zero attached hydrogens (tertiary/aromatic N) is 5. The number of carbonyl (C=O) groups is 3. The van der Waals surface area contributed by atoms with Crippen molar-refractivity contribution >= 4 is 23.7 Å². The van der Waals surface area contributed by atoms with Crippen molar-refractivity contribution in [2.24, 2.45) is 0 Å². The Morgan fingerprint density at radius 3 is 2.26 bits per heavy atom. The third-order valence-electron chi connectivity index (χ3n) is 11.0. The van der Waals surface area contributed by atoms with E-state index in [9.17, 15) is 14.4 Å². The van der Waals surface area contributed by atoms with Gasteiger partial charge in [0, 0.05) is 70.0 Å². The number of likely N-dealkylation sites (tertiary alicyclic amines) is 2. The van der Waals surface area contributed by atoms with E-state index in [4.69, 9.17) is 4.74 Å². The molecule has 6 rings (SSSR count). The lowest BCUT2D eigenvalue weighted by Crippen LogP contribution is -2.56. The van der Waals surface area contributed by atoms with Gasteiger partial charge < -0.3 is 29.7 Å². The number of hydrogen-bond acceptors (Lipinski definition) is 6. The van der Waals surface area contributed by atoms with Gasteiger partial charge in [-0.3, -0.25) is 9.69 Å². The van der Waals surface area contributed by atoms with E-state index in [0.29, 0.717) is 58.0 Å². The summed E-state index contributed by atoms with van der Waals surface area (Å²) in [5.74, 6) is -0.101. The van der Waals surface area contributed by atoms with Crippen molar-refractivity contribution in [2.75, 3.05) is 71.3 Å². The average Bonchev–Trinajstić information content (AvgIpc) is 3.24. The van der Waals surface area contributed by atoms with E-state index >= 15 is 0 Å². The summed E-state index contributed by atoms with van der Waals surface area (Å²) in [4.78, 5) is 51.3. The molecule has 4 amide bonds. The number of rotatable bonds is 6. The molecule has 10 nitrogen and oxygen atoms in total. The topological polar surface area (TPSA) is 88.7 Å². The minimum Gasteiger partial charge on any atom is -0.436 e. The van der Waals surface area contributed by atoms with Crippen molar-refractivity contribution in [2.45, 2.75) is 77.5 Å². The van der Waals surface area contributed by atoms with E-state index in [2.05, 4.69) is 61.1 Å². The van der Waals surface area contributed by atoms with Crippen LogP contribution >= 0.6 is 0 Å². The Hall–Kier alpha value is -3.63. The van der Waals surface area contributed by atoms with Gasteiger partial charge in [-0.15, -0.1) is 0 Å². The fraction of sp³-hybridized carbons (Fsp3) is 0.595. The number of urea groups is 1. The maximum atomic E-state index is 14.1. The molecule has 3 fully saturated rings. The van der Waals surface area contributed by atoms with Crippen molar-refractivity contribution in [3.8, 4) is 0 Å². The first kappa shape index (κ1) is 33.3. The molecule has 1 N–H and O–H groups in total. The third-order valence-corrected chi connectivity index (χ3v) is 11.0. The summed E-state index contributed by atoms with van der Waals surface area (Å²) in [6.07, 6.45) is 3.52. The lowest BCUT2D eigenvalue weighted by atomic mass is 9.95. The van der Waals surface area contributed by atoms with Gasteiger partial charge in [-0.2, -0.15) is 0 Å². The molecule has 0 radical (unpaired) electrons. The van der Waals surface area contributed by atoms with Crippen LogP contribution in [0.5, 0.6) is 0 Å². The van der Waals surface area contributed by atoms with Gasteiger partial charge in [0.1, 0.15) is 0 Å². The molecule has 0 aromatic heterocycles. The molecule has 0 unspecified atom stereocenters. The third kappa shape index (κ3) is 7.75. The molecular weight excluding hydrogens is 592 g/mol. The van der Waals surface area contributed by atoms with Crippen LogP contribution < -0.4 is 5.32 Å². The molecule has 3 saturated heterocycles. The largest absolute Gasteiger partial charge is 0.436 e. The zero-order valence-electron chi connectivity index (χ0n) is 28.7. The molecule has 254 valence electrons. The van der Waals surface area contributed by atoms with E-state index in [1.54, 1.807) is 4.90 Å². The van der Waals surface area contributed by atoms with E-state index in [0.717, 1.165) is 60.5 Å². The summed E-state index contributed by atoms with van der Waals surface area (Å²) in [6, 6.07) is 12.8. The number of piperidine rings is 2. The van der Waals surface area contributed by atoms with E-state index in [-0.39, 0.29) is 18.0 Å². The van der Waals surface area contributed by atoms with Gasteiger partial charge in [0.05, 0.1) is 0 Å². The molecule has 47 heavy (non-hydrogen) atoms. The Balaban J connectivity index is 1.09. The van der Waals surface area contributed by atoms with Crippen molar-refractivity contribution in [3.05, 3.63) is 64.2 Å². The maximum Gasteiger partial charge on any atom is 0.410 e. The predicted molar refractivity (Wildman–Crippen MR) is 184 cm³/mol. The van der Waals surface area contributed by atoms with Gasteiger partial charge in [-0.1, -0.05) is 35.9 Å². The summed E-state index contributed by atoms with van der Waals surface area (Å²) < 4.78 is 6.15.